The molecular weight excluding hydrogens is 270 g/mol. The van der Waals surface area contributed by atoms with Gasteiger partial charge >= 0.3 is 0 Å². The van der Waals surface area contributed by atoms with Crippen LogP contribution < -0.4 is 16.0 Å². The lowest BCUT2D eigenvalue weighted by molar-refractivity contribution is -0.137. The van der Waals surface area contributed by atoms with Gasteiger partial charge in [-0.3, -0.25) is 19.7 Å². The minimum absolute atomic E-state index is 0.225. The molecule has 1 aromatic rings. The van der Waals surface area contributed by atoms with Crippen molar-refractivity contribution in [2.75, 3.05) is 6.54 Å². The Morgan fingerprint density at radius 2 is 2.00 bits per heavy atom. The summed E-state index contributed by atoms with van der Waals surface area (Å²) >= 11 is 0. The maximum absolute atomic E-state index is 12.4. The number of hydrogen-bond donors (Lipinski definition) is 3. The number of rotatable bonds is 2. The van der Waals surface area contributed by atoms with E-state index in [9.17, 15) is 14.4 Å². The zero-order valence-corrected chi connectivity index (χ0v) is 11.5. The van der Waals surface area contributed by atoms with Crippen LogP contribution in [0.5, 0.6) is 0 Å². The standard InChI is InChI=1S/C15H17N3O3/c19-12-6-5-11(14(20)18-12)17-15(21)13-10-4-2-1-3-9(10)7-8-16-13/h1-4,11,13,16H,5-8H2,(H,17,21)(H,18,19,20). The molecule has 1 saturated heterocycles. The van der Waals surface area contributed by atoms with Crippen molar-refractivity contribution >= 4 is 17.7 Å². The summed E-state index contributed by atoms with van der Waals surface area (Å²) in [5.74, 6) is -0.938. The lowest BCUT2D eigenvalue weighted by Crippen LogP contribution is -2.54. The molecule has 3 amide bonds. The lowest BCUT2D eigenvalue weighted by atomic mass is 9.93. The Kier molecular flexibility index (Phi) is 3.70. The van der Waals surface area contributed by atoms with Gasteiger partial charge in [-0.05, 0) is 24.0 Å². The molecule has 21 heavy (non-hydrogen) atoms. The average Bonchev–Trinajstić information content (AvgIpc) is 2.49. The quantitative estimate of drug-likeness (QED) is 0.657. The number of imide groups is 1. The van der Waals surface area contributed by atoms with E-state index in [0.717, 1.165) is 24.1 Å². The number of piperidine rings is 1. The minimum Gasteiger partial charge on any atom is -0.343 e. The van der Waals surface area contributed by atoms with E-state index in [4.69, 9.17) is 0 Å². The first-order valence-corrected chi connectivity index (χ1v) is 7.10. The van der Waals surface area contributed by atoms with E-state index in [2.05, 4.69) is 16.0 Å². The molecule has 0 aromatic heterocycles. The number of carbonyl (C=O) groups is 3. The maximum atomic E-state index is 12.4. The minimum atomic E-state index is -0.633. The van der Waals surface area contributed by atoms with E-state index in [-0.39, 0.29) is 18.2 Å². The Labute approximate surface area is 122 Å². The fourth-order valence-electron chi connectivity index (χ4n) is 2.82. The highest BCUT2D eigenvalue weighted by Gasteiger charge is 2.32. The van der Waals surface area contributed by atoms with Crippen LogP contribution in [0.15, 0.2) is 24.3 Å². The van der Waals surface area contributed by atoms with E-state index in [1.165, 1.54) is 0 Å². The third kappa shape index (κ3) is 2.80. The van der Waals surface area contributed by atoms with Crippen molar-refractivity contribution in [3.8, 4) is 0 Å². The second-order valence-corrected chi connectivity index (χ2v) is 5.35. The van der Waals surface area contributed by atoms with Crippen molar-refractivity contribution < 1.29 is 14.4 Å². The first-order valence-electron chi connectivity index (χ1n) is 7.10. The van der Waals surface area contributed by atoms with Gasteiger partial charge in [0.2, 0.25) is 17.7 Å². The van der Waals surface area contributed by atoms with Crippen molar-refractivity contribution in [1.29, 1.82) is 0 Å². The Morgan fingerprint density at radius 1 is 1.19 bits per heavy atom. The predicted molar refractivity (Wildman–Crippen MR) is 75.2 cm³/mol. The van der Waals surface area contributed by atoms with Crippen LogP contribution in [0.2, 0.25) is 0 Å². The topological polar surface area (TPSA) is 87.3 Å². The summed E-state index contributed by atoms with van der Waals surface area (Å²) < 4.78 is 0. The number of benzene rings is 1. The molecule has 2 aliphatic rings. The Hall–Kier alpha value is -2.21. The highest BCUT2D eigenvalue weighted by molar-refractivity contribution is 6.02. The summed E-state index contributed by atoms with van der Waals surface area (Å²) in [6, 6.07) is 6.72. The van der Waals surface area contributed by atoms with E-state index < -0.39 is 18.0 Å². The maximum Gasteiger partial charge on any atom is 0.249 e. The van der Waals surface area contributed by atoms with E-state index >= 15 is 0 Å². The largest absolute Gasteiger partial charge is 0.343 e. The zero-order chi connectivity index (χ0) is 14.8. The zero-order valence-electron chi connectivity index (χ0n) is 11.5. The van der Waals surface area contributed by atoms with Crippen LogP contribution >= 0.6 is 0 Å². The second kappa shape index (κ2) is 5.65. The van der Waals surface area contributed by atoms with Gasteiger partial charge in [0.15, 0.2) is 0 Å². The molecule has 1 aromatic carbocycles. The summed E-state index contributed by atoms with van der Waals surface area (Å²) in [7, 11) is 0. The SMILES string of the molecule is O=C1CCC(NC(=O)C2NCCc3ccccc32)C(=O)N1. The third-order valence-electron chi connectivity index (χ3n) is 3.93. The predicted octanol–water partition coefficient (Wildman–Crippen LogP) is -0.205. The molecular formula is C15H17N3O3. The number of nitrogens with one attached hydrogen (secondary N) is 3. The molecule has 6 nitrogen and oxygen atoms in total. The third-order valence-corrected chi connectivity index (χ3v) is 3.93. The summed E-state index contributed by atoms with van der Waals surface area (Å²) in [5.41, 5.74) is 2.10. The molecule has 0 aliphatic carbocycles. The summed E-state index contributed by atoms with van der Waals surface area (Å²) in [4.78, 5) is 35.2. The Bertz CT molecular complexity index is 600. The molecule has 2 aliphatic heterocycles. The van der Waals surface area contributed by atoms with Gasteiger partial charge in [0, 0.05) is 13.0 Å². The van der Waals surface area contributed by atoms with Crippen LogP contribution in [-0.4, -0.2) is 30.3 Å². The van der Waals surface area contributed by atoms with Gasteiger partial charge < -0.3 is 10.6 Å². The van der Waals surface area contributed by atoms with E-state index in [1.54, 1.807) is 0 Å². The van der Waals surface area contributed by atoms with Gasteiger partial charge in [0.1, 0.15) is 12.1 Å². The number of carbonyl (C=O) groups excluding carboxylic acids is 3. The molecule has 6 heteroatoms. The normalized spacial score (nSPS) is 25.0. The monoisotopic (exact) mass is 287 g/mol. The van der Waals surface area contributed by atoms with Crippen molar-refractivity contribution in [1.82, 2.24) is 16.0 Å². The van der Waals surface area contributed by atoms with Crippen molar-refractivity contribution in [3.05, 3.63) is 35.4 Å². The first-order chi connectivity index (χ1) is 10.1. The van der Waals surface area contributed by atoms with Gasteiger partial charge in [0.05, 0.1) is 0 Å². The van der Waals surface area contributed by atoms with Crippen LogP contribution in [0, 0.1) is 0 Å². The van der Waals surface area contributed by atoms with Crippen molar-refractivity contribution in [2.45, 2.75) is 31.3 Å². The number of hydrogen-bond acceptors (Lipinski definition) is 4. The van der Waals surface area contributed by atoms with Gasteiger partial charge in [-0.1, -0.05) is 24.3 Å². The van der Waals surface area contributed by atoms with Crippen LogP contribution in [0.3, 0.4) is 0 Å². The molecule has 0 saturated carbocycles. The molecule has 2 atom stereocenters. The van der Waals surface area contributed by atoms with Crippen molar-refractivity contribution in [2.24, 2.45) is 0 Å². The molecule has 3 N–H and O–H groups in total. The Morgan fingerprint density at radius 3 is 2.81 bits per heavy atom. The molecule has 2 unspecified atom stereocenters. The molecule has 0 spiro atoms. The second-order valence-electron chi connectivity index (χ2n) is 5.35. The highest BCUT2D eigenvalue weighted by atomic mass is 16.2. The molecule has 0 bridgehead atoms. The molecule has 110 valence electrons. The highest BCUT2D eigenvalue weighted by Crippen LogP contribution is 2.23. The summed E-state index contributed by atoms with van der Waals surface area (Å²) in [6.07, 6.45) is 1.49. The van der Waals surface area contributed by atoms with Gasteiger partial charge in [-0.2, -0.15) is 0 Å². The van der Waals surface area contributed by atoms with Crippen molar-refractivity contribution in [3.63, 3.8) is 0 Å². The number of fused-ring (bicyclic) bond motifs is 1. The molecule has 3 rings (SSSR count). The summed E-state index contributed by atoms with van der Waals surface area (Å²) in [5, 5.41) is 8.16. The van der Waals surface area contributed by atoms with Crippen LogP contribution in [0.4, 0.5) is 0 Å². The fraction of sp³-hybridized carbons (Fsp3) is 0.400. The average molecular weight is 287 g/mol. The number of amides is 3. The first kappa shape index (κ1) is 13.8. The van der Waals surface area contributed by atoms with E-state index in [0.29, 0.717) is 6.42 Å². The van der Waals surface area contributed by atoms with E-state index in [1.807, 2.05) is 24.3 Å². The molecule has 1 fully saturated rings. The van der Waals surface area contributed by atoms with Crippen LogP contribution in [-0.2, 0) is 20.8 Å². The van der Waals surface area contributed by atoms with Crippen LogP contribution in [0.1, 0.15) is 30.0 Å². The summed E-state index contributed by atoms with van der Waals surface area (Å²) in [6.45, 7) is 0.727. The molecule has 2 heterocycles. The van der Waals surface area contributed by atoms with Gasteiger partial charge in [-0.25, -0.2) is 0 Å². The Balaban J connectivity index is 1.72. The van der Waals surface area contributed by atoms with Gasteiger partial charge in [-0.15, -0.1) is 0 Å². The lowest BCUT2D eigenvalue weighted by Gasteiger charge is -2.28. The smallest absolute Gasteiger partial charge is 0.249 e. The molecule has 0 radical (unpaired) electrons. The van der Waals surface area contributed by atoms with Crippen LogP contribution in [0.25, 0.3) is 0 Å². The fourth-order valence-corrected chi connectivity index (χ4v) is 2.82. The van der Waals surface area contributed by atoms with Gasteiger partial charge in [0.25, 0.3) is 0 Å².